The van der Waals surface area contributed by atoms with E-state index in [2.05, 4.69) is 26.2 Å². The highest BCUT2D eigenvalue weighted by Gasteiger charge is 2.30. The fourth-order valence-electron chi connectivity index (χ4n) is 4.31. The number of nitrogens with one attached hydrogen (secondary N) is 1. The van der Waals surface area contributed by atoms with Crippen molar-refractivity contribution in [3.05, 3.63) is 52.6 Å². The Kier molecular flexibility index (Phi) is 7.22. The van der Waals surface area contributed by atoms with Crippen LogP contribution < -0.4 is 10.1 Å². The van der Waals surface area contributed by atoms with Crippen LogP contribution in [0, 0.1) is 5.92 Å². The fraction of sp³-hybridized carbons (Fsp3) is 0.458. The Balaban J connectivity index is 1.33. The molecule has 2 aromatic rings. The molecule has 1 saturated carbocycles. The zero-order valence-corrected chi connectivity index (χ0v) is 19.1. The van der Waals surface area contributed by atoms with Crippen LogP contribution in [0.3, 0.4) is 0 Å². The smallest absolute Gasteiger partial charge is 0.255 e. The number of hydrogen-bond acceptors (Lipinski definition) is 4. The van der Waals surface area contributed by atoms with Crippen molar-refractivity contribution >= 4 is 27.7 Å². The van der Waals surface area contributed by atoms with Crippen LogP contribution in [-0.4, -0.2) is 40.8 Å². The number of halogens is 1. The molecule has 2 heterocycles. The molecule has 0 bridgehead atoms. The van der Waals surface area contributed by atoms with Crippen molar-refractivity contribution in [3.63, 3.8) is 0 Å². The van der Waals surface area contributed by atoms with E-state index in [-0.39, 0.29) is 17.7 Å². The van der Waals surface area contributed by atoms with Gasteiger partial charge in [-0.2, -0.15) is 0 Å². The van der Waals surface area contributed by atoms with E-state index in [1.165, 1.54) is 19.3 Å². The molecule has 0 spiro atoms. The zero-order chi connectivity index (χ0) is 21.6. The molecule has 4 rings (SSSR count). The maximum absolute atomic E-state index is 13.0. The second kappa shape index (κ2) is 10.3. The number of aromatic nitrogens is 1. The molecule has 2 amide bonds. The molecule has 2 aliphatic rings. The van der Waals surface area contributed by atoms with Crippen LogP contribution in [0.5, 0.6) is 11.6 Å². The molecular formula is C24H28BrN3O3. The molecule has 1 unspecified atom stereocenters. The van der Waals surface area contributed by atoms with E-state index >= 15 is 0 Å². The number of rotatable bonds is 5. The number of amides is 2. The monoisotopic (exact) mass is 485 g/mol. The summed E-state index contributed by atoms with van der Waals surface area (Å²) in [6.07, 6.45) is 9.00. The van der Waals surface area contributed by atoms with Crippen LogP contribution >= 0.6 is 15.9 Å². The Morgan fingerprint density at radius 3 is 2.48 bits per heavy atom. The van der Waals surface area contributed by atoms with E-state index < -0.39 is 0 Å². The molecule has 1 aliphatic heterocycles. The third-order valence-corrected chi connectivity index (χ3v) is 6.58. The summed E-state index contributed by atoms with van der Waals surface area (Å²) in [5, 5.41) is 3.21. The summed E-state index contributed by atoms with van der Waals surface area (Å²) in [7, 11) is 0. The summed E-state index contributed by atoms with van der Waals surface area (Å²) >= 11 is 3.39. The van der Waals surface area contributed by atoms with Gasteiger partial charge in [0.1, 0.15) is 5.75 Å². The van der Waals surface area contributed by atoms with E-state index in [0.717, 1.165) is 30.2 Å². The molecule has 6 nitrogen and oxygen atoms in total. The first-order valence-electron chi connectivity index (χ1n) is 11.1. The fourth-order valence-corrected chi connectivity index (χ4v) is 4.58. The van der Waals surface area contributed by atoms with Gasteiger partial charge in [-0.1, -0.05) is 35.2 Å². The number of benzene rings is 1. The van der Waals surface area contributed by atoms with E-state index in [0.29, 0.717) is 36.3 Å². The van der Waals surface area contributed by atoms with Crippen molar-refractivity contribution in [1.29, 1.82) is 0 Å². The first kappa shape index (κ1) is 21.8. The van der Waals surface area contributed by atoms with Crippen LogP contribution in [0.2, 0.25) is 0 Å². The first-order chi connectivity index (χ1) is 15.1. The van der Waals surface area contributed by atoms with E-state index in [4.69, 9.17) is 4.74 Å². The molecule has 1 aliphatic carbocycles. The van der Waals surface area contributed by atoms with Gasteiger partial charge in [0.05, 0.1) is 11.5 Å². The minimum Gasteiger partial charge on any atom is -0.439 e. The third-order valence-electron chi connectivity index (χ3n) is 6.05. The molecule has 164 valence electrons. The van der Waals surface area contributed by atoms with E-state index in [9.17, 15) is 9.59 Å². The number of piperidine rings is 1. The average molecular weight is 486 g/mol. The molecule has 1 N–H and O–H groups in total. The largest absolute Gasteiger partial charge is 0.439 e. The van der Waals surface area contributed by atoms with Crippen molar-refractivity contribution in [2.45, 2.75) is 51.0 Å². The average Bonchev–Trinajstić information content (AvgIpc) is 2.81. The summed E-state index contributed by atoms with van der Waals surface area (Å²) in [4.78, 5) is 31.8. The number of carbonyl (C=O) groups excluding carboxylic acids is 2. The Labute approximate surface area is 191 Å². The lowest BCUT2D eigenvalue weighted by atomic mass is 9.93. The lowest BCUT2D eigenvalue weighted by Crippen LogP contribution is -2.47. The first-order valence-corrected chi connectivity index (χ1v) is 11.9. The molecule has 1 aromatic carbocycles. The van der Waals surface area contributed by atoms with Gasteiger partial charge in [-0.15, -0.1) is 0 Å². The standard InChI is InChI=1S/C24H28BrN3O3/c25-19-9-11-21(12-10-19)31-22-13-8-17(15-26-22)24(30)28-14-4-5-18(16-28)23(29)27-20-6-2-1-3-7-20/h8-13,15,18,20H,1-7,14,16H2,(H,27,29). The summed E-state index contributed by atoms with van der Waals surface area (Å²) in [5.74, 6) is 0.992. The lowest BCUT2D eigenvalue weighted by molar-refractivity contribution is -0.127. The highest BCUT2D eigenvalue weighted by molar-refractivity contribution is 9.10. The van der Waals surface area contributed by atoms with Crippen molar-refractivity contribution in [2.75, 3.05) is 13.1 Å². The predicted molar refractivity (Wildman–Crippen MR) is 122 cm³/mol. The quantitative estimate of drug-likeness (QED) is 0.650. The number of likely N-dealkylation sites (tertiary alicyclic amines) is 1. The maximum atomic E-state index is 13.0. The normalized spacial score (nSPS) is 19.6. The van der Waals surface area contributed by atoms with Crippen LogP contribution in [0.15, 0.2) is 47.1 Å². The van der Waals surface area contributed by atoms with Crippen molar-refractivity contribution in [3.8, 4) is 11.6 Å². The number of ether oxygens (including phenoxy) is 1. The third kappa shape index (κ3) is 5.85. The number of carbonyl (C=O) groups is 2. The van der Waals surface area contributed by atoms with Crippen LogP contribution in [-0.2, 0) is 4.79 Å². The van der Waals surface area contributed by atoms with Gasteiger partial charge >= 0.3 is 0 Å². The minimum atomic E-state index is -0.132. The summed E-state index contributed by atoms with van der Waals surface area (Å²) in [5.41, 5.74) is 0.511. The molecule has 31 heavy (non-hydrogen) atoms. The van der Waals surface area contributed by atoms with Gasteiger partial charge in [0.25, 0.3) is 5.91 Å². The summed E-state index contributed by atoms with van der Waals surface area (Å²) < 4.78 is 6.70. The van der Waals surface area contributed by atoms with Gasteiger partial charge in [-0.25, -0.2) is 4.98 Å². The van der Waals surface area contributed by atoms with Crippen LogP contribution in [0.1, 0.15) is 55.3 Å². The molecule has 1 saturated heterocycles. The molecule has 7 heteroatoms. The highest BCUT2D eigenvalue weighted by Crippen LogP contribution is 2.24. The number of hydrogen-bond donors (Lipinski definition) is 1. The Morgan fingerprint density at radius 1 is 1.00 bits per heavy atom. The van der Waals surface area contributed by atoms with E-state index in [1.807, 2.05) is 24.3 Å². The Bertz CT molecular complexity index is 895. The number of nitrogens with zero attached hydrogens (tertiary/aromatic N) is 2. The Hall–Kier alpha value is -2.41. The molecular weight excluding hydrogens is 458 g/mol. The summed E-state index contributed by atoms with van der Waals surface area (Å²) in [6.45, 7) is 1.14. The lowest BCUT2D eigenvalue weighted by Gasteiger charge is -2.33. The van der Waals surface area contributed by atoms with Gasteiger partial charge in [0.2, 0.25) is 11.8 Å². The maximum Gasteiger partial charge on any atom is 0.255 e. The second-order valence-electron chi connectivity index (χ2n) is 8.37. The number of pyridine rings is 1. The van der Waals surface area contributed by atoms with Gasteiger partial charge in [-0.05, 0) is 56.0 Å². The van der Waals surface area contributed by atoms with E-state index in [1.54, 1.807) is 23.2 Å². The minimum absolute atomic E-state index is 0.0853. The van der Waals surface area contributed by atoms with Crippen molar-refractivity contribution in [1.82, 2.24) is 15.2 Å². The molecule has 1 atom stereocenters. The zero-order valence-electron chi connectivity index (χ0n) is 17.6. The van der Waals surface area contributed by atoms with Crippen molar-refractivity contribution in [2.24, 2.45) is 5.92 Å². The van der Waals surface area contributed by atoms with Crippen LogP contribution in [0.25, 0.3) is 0 Å². The van der Waals surface area contributed by atoms with Crippen LogP contribution in [0.4, 0.5) is 0 Å². The van der Waals surface area contributed by atoms with Gasteiger partial charge in [0, 0.05) is 35.9 Å². The highest BCUT2D eigenvalue weighted by atomic mass is 79.9. The predicted octanol–water partition coefficient (Wildman–Crippen LogP) is 4.94. The molecule has 0 radical (unpaired) electrons. The topological polar surface area (TPSA) is 71.5 Å². The molecule has 2 fully saturated rings. The second-order valence-corrected chi connectivity index (χ2v) is 9.29. The van der Waals surface area contributed by atoms with Gasteiger partial charge in [0.15, 0.2) is 0 Å². The molecule has 1 aromatic heterocycles. The van der Waals surface area contributed by atoms with Crippen molar-refractivity contribution < 1.29 is 14.3 Å². The summed E-state index contributed by atoms with van der Waals surface area (Å²) in [6, 6.07) is 11.2. The Morgan fingerprint density at radius 2 is 1.77 bits per heavy atom. The van der Waals surface area contributed by atoms with Gasteiger partial charge < -0.3 is 15.0 Å². The SMILES string of the molecule is O=C(NC1CCCCC1)C1CCCN(C(=O)c2ccc(Oc3ccc(Br)cc3)nc2)C1. The van der Waals surface area contributed by atoms with Gasteiger partial charge in [-0.3, -0.25) is 9.59 Å².